The number of aliphatic hydroxyl groups excluding tert-OH is 1. The Hall–Kier alpha value is -5.10. The van der Waals surface area contributed by atoms with Crippen LogP contribution in [0.15, 0.2) is 103 Å². The van der Waals surface area contributed by atoms with Gasteiger partial charge in [-0.05, 0) is 42.7 Å². The standard InChI is InChI=1S/C39H41N3O8/c1-41(2)34(44)20-17-26-15-18-27(19-16-26)38(47)48-32-24-28(37(46)42-22-9-14-31(42)36(45)40-21-23-43)25-33-35(32)50-39(49-33,29-10-5-3-6-11-29)30-12-7-4-8-13-30/h3-8,10-13,15-20,25,31-33,35,43H,9,14,21-24H2,1-2H3,(H,40,45). The Kier molecular flexibility index (Phi) is 10.6. The maximum atomic E-state index is 14.1. The Morgan fingerprint density at radius 2 is 1.62 bits per heavy atom. The predicted molar refractivity (Wildman–Crippen MR) is 184 cm³/mol. The molecule has 0 saturated carbocycles. The number of rotatable bonds is 10. The summed E-state index contributed by atoms with van der Waals surface area (Å²) in [6.45, 7) is 0.285. The number of hydrogen-bond donors (Lipinski definition) is 2. The van der Waals surface area contributed by atoms with E-state index in [1.165, 1.54) is 11.0 Å². The molecule has 260 valence electrons. The van der Waals surface area contributed by atoms with Crippen molar-refractivity contribution in [2.24, 2.45) is 0 Å². The van der Waals surface area contributed by atoms with E-state index in [0.717, 1.165) is 16.7 Å². The van der Waals surface area contributed by atoms with E-state index in [0.29, 0.717) is 25.0 Å². The van der Waals surface area contributed by atoms with Crippen molar-refractivity contribution in [1.29, 1.82) is 0 Å². The van der Waals surface area contributed by atoms with Crippen LogP contribution in [0.2, 0.25) is 0 Å². The summed E-state index contributed by atoms with van der Waals surface area (Å²) >= 11 is 0. The third kappa shape index (κ3) is 7.25. The maximum absolute atomic E-state index is 14.1. The molecule has 3 aromatic rings. The number of aliphatic hydroxyl groups is 1. The van der Waals surface area contributed by atoms with Gasteiger partial charge >= 0.3 is 5.97 Å². The number of likely N-dealkylation sites (N-methyl/N-ethyl adjacent to an activating group) is 1. The Bertz CT molecular complexity index is 1720. The molecule has 11 heteroatoms. The number of amides is 3. The molecule has 0 radical (unpaired) electrons. The molecular formula is C39H41N3O8. The van der Waals surface area contributed by atoms with Gasteiger partial charge in [-0.15, -0.1) is 0 Å². The smallest absolute Gasteiger partial charge is 0.338 e. The second-order valence-electron chi connectivity index (χ2n) is 12.7. The van der Waals surface area contributed by atoms with Gasteiger partial charge < -0.3 is 34.4 Å². The molecule has 1 aliphatic carbocycles. The third-order valence-electron chi connectivity index (χ3n) is 9.15. The van der Waals surface area contributed by atoms with Crippen LogP contribution in [0.3, 0.4) is 0 Å². The van der Waals surface area contributed by atoms with E-state index >= 15 is 0 Å². The summed E-state index contributed by atoms with van der Waals surface area (Å²) in [5.74, 6) is -2.78. The first-order valence-corrected chi connectivity index (χ1v) is 16.8. The minimum absolute atomic E-state index is 0.0453. The molecule has 2 heterocycles. The van der Waals surface area contributed by atoms with Crippen molar-refractivity contribution in [3.8, 4) is 0 Å². The normalized spacial score (nSPS) is 22.5. The molecule has 50 heavy (non-hydrogen) atoms. The lowest BCUT2D eigenvalue weighted by Gasteiger charge is -2.33. The van der Waals surface area contributed by atoms with Crippen molar-refractivity contribution in [1.82, 2.24) is 15.1 Å². The minimum Gasteiger partial charge on any atom is -0.456 e. The third-order valence-corrected chi connectivity index (χ3v) is 9.15. The number of fused-ring (bicyclic) bond motifs is 1. The van der Waals surface area contributed by atoms with E-state index in [-0.39, 0.29) is 42.9 Å². The molecule has 3 amide bonds. The van der Waals surface area contributed by atoms with E-state index in [1.54, 1.807) is 55.4 Å². The molecule has 11 nitrogen and oxygen atoms in total. The van der Waals surface area contributed by atoms with Gasteiger partial charge in [0.15, 0.2) is 0 Å². The number of hydrogen-bond acceptors (Lipinski definition) is 8. The molecule has 2 fully saturated rings. The summed E-state index contributed by atoms with van der Waals surface area (Å²) < 4.78 is 19.8. The minimum atomic E-state index is -1.35. The summed E-state index contributed by atoms with van der Waals surface area (Å²) in [5, 5.41) is 11.9. The van der Waals surface area contributed by atoms with E-state index < -0.39 is 36.1 Å². The zero-order valence-corrected chi connectivity index (χ0v) is 28.1. The lowest BCUT2D eigenvalue weighted by Crippen LogP contribution is -2.49. The van der Waals surface area contributed by atoms with Crippen LogP contribution in [0.25, 0.3) is 6.08 Å². The number of likely N-dealkylation sites (tertiary alicyclic amines) is 1. The summed E-state index contributed by atoms with van der Waals surface area (Å²) in [4.78, 5) is 55.7. The van der Waals surface area contributed by atoms with E-state index in [4.69, 9.17) is 14.2 Å². The van der Waals surface area contributed by atoms with Crippen molar-refractivity contribution >= 4 is 29.8 Å². The fraction of sp³-hybridized carbons (Fsp3) is 0.333. The number of nitrogens with zero attached hydrogens (tertiary/aromatic N) is 2. The van der Waals surface area contributed by atoms with E-state index in [1.807, 2.05) is 60.7 Å². The van der Waals surface area contributed by atoms with Gasteiger partial charge in [0.05, 0.1) is 12.2 Å². The van der Waals surface area contributed by atoms with E-state index in [9.17, 15) is 24.3 Å². The molecule has 4 atom stereocenters. The van der Waals surface area contributed by atoms with Gasteiger partial charge in [-0.25, -0.2) is 4.79 Å². The molecule has 3 aromatic carbocycles. The van der Waals surface area contributed by atoms with Gasteiger partial charge in [-0.3, -0.25) is 14.4 Å². The molecule has 3 aliphatic rings. The lowest BCUT2D eigenvalue weighted by atomic mass is 9.91. The first kappa shape index (κ1) is 34.8. The highest BCUT2D eigenvalue weighted by Crippen LogP contribution is 2.47. The first-order valence-electron chi connectivity index (χ1n) is 16.8. The topological polar surface area (TPSA) is 135 Å². The zero-order valence-electron chi connectivity index (χ0n) is 28.1. The second kappa shape index (κ2) is 15.2. The fourth-order valence-electron chi connectivity index (χ4n) is 6.60. The van der Waals surface area contributed by atoms with Gasteiger partial charge in [0, 0.05) is 56.4 Å². The SMILES string of the molecule is CN(C)C(=O)C=Cc1ccc(C(=O)OC2CC(C(=O)N3CCCC3C(=O)NCCO)=CC3OC(c4ccccc4)(c4ccccc4)OC32)cc1. The number of nitrogens with one attached hydrogen (secondary N) is 1. The van der Waals surface area contributed by atoms with Crippen LogP contribution in [-0.4, -0.2) is 96.7 Å². The lowest BCUT2D eigenvalue weighted by molar-refractivity contribution is -0.157. The Labute approximate surface area is 291 Å². The highest BCUT2D eigenvalue weighted by Gasteiger charge is 2.55. The number of benzene rings is 3. The molecule has 2 saturated heterocycles. The zero-order chi connectivity index (χ0) is 35.3. The maximum Gasteiger partial charge on any atom is 0.338 e. The Morgan fingerprint density at radius 3 is 2.24 bits per heavy atom. The van der Waals surface area contributed by atoms with Crippen molar-refractivity contribution in [3.63, 3.8) is 0 Å². The van der Waals surface area contributed by atoms with Crippen LogP contribution in [0.4, 0.5) is 0 Å². The van der Waals surface area contributed by atoms with Crippen LogP contribution < -0.4 is 5.32 Å². The Balaban J connectivity index is 1.31. The van der Waals surface area contributed by atoms with Crippen molar-refractivity contribution in [2.45, 2.75) is 49.4 Å². The number of ether oxygens (including phenoxy) is 3. The van der Waals surface area contributed by atoms with Crippen molar-refractivity contribution < 1.29 is 38.5 Å². The van der Waals surface area contributed by atoms with Crippen molar-refractivity contribution in [3.05, 3.63) is 125 Å². The van der Waals surface area contributed by atoms with Crippen LogP contribution in [0.1, 0.15) is 46.3 Å². The molecule has 2 N–H and O–H groups in total. The number of esters is 1. The van der Waals surface area contributed by atoms with Gasteiger partial charge in [0.25, 0.3) is 0 Å². The monoisotopic (exact) mass is 679 g/mol. The molecule has 0 bridgehead atoms. The molecular weight excluding hydrogens is 638 g/mol. The van der Waals surface area contributed by atoms with Gasteiger partial charge in [-0.2, -0.15) is 0 Å². The largest absolute Gasteiger partial charge is 0.456 e. The highest BCUT2D eigenvalue weighted by atomic mass is 16.8. The van der Waals surface area contributed by atoms with Gasteiger partial charge in [-0.1, -0.05) is 72.8 Å². The summed E-state index contributed by atoms with van der Waals surface area (Å²) in [6, 6.07) is 25.0. The quantitative estimate of drug-likeness (QED) is 0.246. The molecule has 0 spiro atoms. The number of carbonyl (C=O) groups excluding carboxylic acids is 4. The summed E-state index contributed by atoms with van der Waals surface area (Å²) in [6.07, 6.45) is 3.60. The van der Waals surface area contributed by atoms with Crippen LogP contribution in [0, 0.1) is 0 Å². The molecule has 6 rings (SSSR count). The summed E-state index contributed by atoms with van der Waals surface area (Å²) in [5.41, 5.74) is 2.86. The summed E-state index contributed by atoms with van der Waals surface area (Å²) in [7, 11) is 3.33. The molecule has 0 aromatic heterocycles. The second-order valence-corrected chi connectivity index (χ2v) is 12.7. The highest BCUT2D eigenvalue weighted by molar-refractivity contribution is 5.98. The average Bonchev–Trinajstić information content (AvgIpc) is 3.80. The van der Waals surface area contributed by atoms with Crippen LogP contribution >= 0.6 is 0 Å². The van der Waals surface area contributed by atoms with E-state index in [2.05, 4.69) is 5.32 Å². The van der Waals surface area contributed by atoms with Gasteiger partial charge in [0.2, 0.25) is 23.5 Å². The number of carbonyl (C=O) groups is 4. The van der Waals surface area contributed by atoms with Crippen LogP contribution in [-0.2, 0) is 34.4 Å². The first-order chi connectivity index (χ1) is 24.2. The van der Waals surface area contributed by atoms with Crippen LogP contribution in [0.5, 0.6) is 0 Å². The Morgan fingerprint density at radius 1 is 0.960 bits per heavy atom. The van der Waals surface area contributed by atoms with Gasteiger partial charge in [0.1, 0.15) is 24.4 Å². The van der Waals surface area contributed by atoms with Crippen molar-refractivity contribution in [2.75, 3.05) is 33.8 Å². The average molecular weight is 680 g/mol. The molecule has 2 aliphatic heterocycles. The predicted octanol–water partition coefficient (Wildman–Crippen LogP) is 3.43. The molecule has 4 unspecified atom stereocenters. The fourth-order valence-corrected chi connectivity index (χ4v) is 6.60.